The first-order valence-electron chi connectivity index (χ1n) is 10.0. The Morgan fingerprint density at radius 2 is 1.67 bits per heavy atom. The highest BCUT2D eigenvalue weighted by Gasteiger charge is 2.18. The summed E-state index contributed by atoms with van der Waals surface area (Å²) >= 11 is 0. The number of pyridine rings is 1. The van der Waals surface area contributed by atoms with Crippen LogP contribution in [0.15, 0.2) is 24.4 Å². The predicted octanol–water partition coefficient (Wildman–Crippen LogP) is 1.81. The lowest BCUT2D eigenvalue weighted by atomic mass is 10.4. The molecule has 2 aromatic rings. The maximum Gasteiger partial charge on any atom is 0.317 e. The van der Waals surface area contributed by atoms with Crippen LogP contribution >= 0.6 is 0 Å². The second kappa shape index (κ2) is 9.19. The molecular weight excluding hydrogens is 340 g/mol. The van der Waals surface area contributed by atoms with E-state index >= 15 is 0 Å². The van der Waals surface area contributed by atoms with Crippen molar-refractivity contribution >= 4 is 11.7 Å². The number of fused-ring (bicyclic) bond motifs is 1. The largest absolute Gasteiger partial charge is 0.332 e. The summed E-state index contributed by atoms with van der Waals surface area (Å²) in [6, 6.07) is 6.04. The van der Waals surface area contributed by atoms with Crippen molar-refractivity contribution in [1.29, 1.82) is 0 Å². The Morgan fingerprint density at radius 3 is 2.26 bits per heavy atom. The lowest BCUT2D eigenvalue weighted by Crippen LogP contribution is -2.45. The number of nitrogens with zero attached hydrogens (tertiary/aromatic N) is 5. The summed E-state index contributed by atoms with van der Waals surface area (Å²) in [7, 11) is 0. The van der Waals surface area contributed by atoms with Gasteiger partial charge in [0.1, 0.15) is 5.65 Å². The molecule has 0 bridgehead atoms. The van der Waals surface area contributed by atoms with Gasteiger partial charge in [-0.2, -0.15) is 0 Å². The van der Waals surface area contributed by atoms with Gasteiger partial charge >= 0.3 is 6.03 Å². The smallest absolute Gasteiger partial charge is 0.317 e. The van der Waals surface area contributed by atoms with Gasteiger partial charge in [-0.3, -0.25) is 0 Å². The Bertz CT molecular complexity index is 742. The number of aromatic nitrogens is 2. The molecule has 7 nitrogen and oxygen atoms in total. The molecule has 0 atom stereocenters. The Balaban J connectivity index is 1.61. The standard InChI is InChI=1S/C20H32N6O/c1-4-23-9-10-24(5-2)12-14-25(13-11-23)20(27)21-15-18-16-26-17(3)7-6-8-19(26)22-18/h6-8,16H,4-5,9-15H2,1-3H3,(H,21,27). The third kappa shape index (κ3) is 4.99. The number of hydrogen-bond donors (Lipinski definition) is 1. The maximum atomic E-state index is 12.8. The number of aryl methyl sites for hydroxylation is 1. The first-order valence-corrected chi connectivity index (χ1v) is 10.0. The molecule has 1 fully saturated rings. The molecule has 1 aliphatic rings. The van der Waals surface area contributed by atoms with Gasteiger partial charge in [0, 0.05) is 51.2 Å². The van der Waals surface area contributed by atoms with E-state index in [2.05, 4.69) is 51.3 Å². The highest BCUT2D eigenvalue weighted by atomic mass is 16.2. The molecule has 2 amide bonds. The minimum absolute atomic E-state index is 0.00205. The lowest BCUT2D eigenvalue weighted by molar-refractivity contribution is 0.186. The third-order valence-electron chi connectivity index (χ3n) is 5.45. The van der Waals surface area contributed by atoms with E-state index in [4.69, 9.17) is 0 Å². The SMILES string of the molecule is CCN1CCN(CC)CCN(C(=O)NCc2cn3c(C)cccc3n2)CC1. The van der Waals surface area contributed by atoms with E-state index in [-0.39, 0.29) is 6.03 Å². The number of likely N-dealkylation sites (N-methyl/N-ethyl adjacent to an activating group) is 2. The van der Waals surface area contributed by atoms with Crippen LogP contribution in [-0.4, -0.2) is 82.5 Å². The van der Waals surface area contributed by atoms with Crippen LogP contribution in [0.3, 0.4) is 0 Å². The van der Waals surface area contributed by atoms with Crippen LogP contribution in [0.2, 0.25) is 0 Å². The molecule has 1 aliphatic heterocycles. The Labute approximate surface area is 161 Å². The molecule has 0 saturated carbocycles. The normalized spacial score (nSPS) is 17.5. The van der Waals surface area contributed by atoms with Crippen molar-refractivity contribution < 1.29 is 4.79 Å². The van der Waals surface area contributed by atoms with Crippen LogP contribution in [0.4, 0.5) is 4.79 Å². The predicted molar refractivity (Wildman–Crippen MR) is 108 cm³/mol. The molecule has 0 spiro atoms. The minimum Gasteiger partial charge on any atom is -0.332 e. The van der Waals surface area contributed by atoms with Gasteiger partial charge in [-0.15, -0.1) is 0 Å². The van der Waals surface area contributed by atoms with E-state index in [9.17, 15) is 4.79 Å². The van der Waals surface area contributed by atoms with Gasteiger partial charge in [-0.05, 0) is 32.1 Å². The molecule has 148 valence electrons. The van der Waals surface area contributed by atoms with Crippen LogP contribution < -0.4 is 5.32 Å². The van der Waals surface area contributed by atoms with Gasteiger partial charge in [0.25, 0.3) is 0 Å². The number of carbonyl (C=O) groups is 1. The van der Waals surface area contributed by atoms with Crippen LogP contribution in [0, 0.1) is 6.92 Å². The number of amides is 2. The topological polar surface area (TPSA) is 56.1 Å². The monoisotopic (exact) mass is 372 g/mol. The first kappa shape index (κ1) is 19.6. The molecule has 0 unspecified atom stereocenters. The summed E-state index contributed by atoms with van der Waals surface area (Å²) < 4.78 is 2.06. The molecule has 3 heterocycles. The molecular formula is C20H32N6O. The van der Waals surface area contributed by atoms with Gasteiger partial charge in [0.15, 0.2) is 0 Å². The van der Waals surface area contributed by atoms with Crippen molar-refractivity contribution in [3.63, 3.8) is 0 Å². The lowest BCUT2D eigenvalue weighted by Gasteiger charge is -2.25. The minimum atomic E-state index is -0.00205. The van der Waals surface area contributed by atoms with Gasteiger partial charge in [0.05, 0.1) is 12.2 Å². The number of hydrogen-bond acceptors (Lipinski definition) is 4. The molecule has 3 rings (SSSR count). The summed E-state index contributed by atoms with van der Waals surface area (Å²) in [5.74, 6) is 0. The molecule has 0 aliphatic carbocycles. The van der Waals surface area contributed by atoms with E-state index < -0.39 is 0 Å². The van der Waals surface area contributed by atoms with Crippen molar-refractivity contribution in [2.45, 2.75) is 27.3 Å². The Hall–Kier alpha value is -2.12. The van der Waals surface area contributed by atoms with Crippen molar-refractivity contribution in [3.05, 3.63) is 35.8 Å². The zero-order chi connectivity index (χ0) is 19.2. The average molecular weight is 373 g/mol. The van der Waals surface area contributed by atoms with Gasteiger partial charge in [0.2, 0.25) is 0 Å². The fraction of sp³-hybridized carbons (Fsp3) is 0.600. The van der Waals surface area contributed by atoms with Crippen LogP contribution in [-0.2, 0) is 6.54 Å². The third-order valence-corrected chi connectivity index (χ3v) is 5.45. The summed E-state index contributed by atoms with van der Waals surface area (Å²) in [5.41, 5.74) is 2.93. The zero-order valence-corrected chi connectivity index (χ0v) is 16.8. The first-order chi connectivity index (χ1) is 13.1. The van der Waals surface area contributed by atoms with Crippen molar-refractivity contribution in [1.82, 2.24) is 29.4 Å². The summed E-state index contributed by atoms with van der Waals surface area (Å²) in [5, 5.41) is 3.06. The van der Waals surface area contributed by atoms with E-state index in [1.54, 1.807) is 0 Å². The van der Waals surface area contributed by atoms with Gasteiger partial charge < -0.3 is 24.4 Å². The maximum absolute atomic E-state index is 12.8. The molecule has 2 aromatic heterocycles. The molecule has 0 aromatic carbocycles. The summed E-state index contributed by atoms with van der Waals surface area (Å²) in [4.78, 5) is 24.1. The highest BCUT2D eigenvalue weighted by molar-refractivity contribution is 5.74. The van der Waals surface area contributed by atoms with Crippen molar-refractivity contribution in [3.8, 4) is 0 Å². The Kier molecular flexibility index (Phi) is 6.68. The quantitative estimate of drug-likeness (QED) is 0.889. The summed E-state index contributed by atoms with van der Waals surface area (Å²) in [6.45, 7) is 14.4. The van der Waals surface area contributed by atoms with E-state index in [1.807, 2.05) is 23.2 Å². The van der Waals surface area contributed by atoms with Crippen LogP contribution in [0.25, 0.3) is 5.65 Å². The number of imidazole rings is 1. The molecule has 27 heavy (non-hydrogen) atoms. The van der Waals surface area contributed by atoms with Crippen molar-refractivity contribution in [2.24, 2.45) is 0 Å². The zero-order valence-electron chi connectivity index (χ0n) is 16.8. The molecule has 7 heteroatoms. The second-order valence-electron chi connectivity index (χ2n) is 7.14. The van der Waals surface area contributed by atoms with E-state index in [0.29, 0.717) is 6.54 Å². The fourth-order valence-electron chi connectivity index (χ4n) is 3.54. The summed E-state index contributed by atoms with van der Waals surface area (Å²) in [6.07, 6.45) is 2.00. The molecule has 1 saturated heterocycles. The number of rotatable bonds is 4. The van der Waals surface area contributed by atoms with E-state index in [0.717, 1.165) is 69.4 Å². The Morgan fingerprint density at radius 1 is 1.04 bits per heavy atom. The number of carbonyl (C=O) groups excluding carboxylic acids is 1. The van der Waals surface area contributed by atoms with Crippen LogP contribution in [0.5, 0.6) is 0 Å². The fourth-order valence-corrected chi connectivity index (χ4v) is 3.54. The second-order valence-corrected chi connectivity index (χ2v) is 7.14. The molecule has 1 N–H and O–H groups in total. The highest BCUT2D eigenvalue weighted by Crippen LogP contribution is 2.08. The van der Waals surface area contributed by atoms with Crippen molar-refractivity contribution in [2.75, 3.05) is 52.4 Å². The van der Waals surface area contributed by atoms with E-state index in [1.165, 1.54) is 0 Å². The van der Waals surface area contributed by atoms with Crippen LogP contribution in [0.1, 0.15) is 25.2 Å². The van der Waals surface area contributed by atoms with Gasteiger partial charge in [-0.25, -0.2) is 9.78 Å². The van der Waals surface area contributed by atoms with Gasteiger partial charge in [-0.1, -0.05) is 19.9 Å². The number of urea groups is 1. The average Bonchev–Trinajstić information content (AvgIpc) is 3.13. The molecule has 0 radical (unpaired) electrons. The number of nitrogens with one attached hydrogen (secondary N) is 1.